The maximum atomic E-state index is 13.0. The number of carbonyl (C=O) groups is 3. The molecule has 5 nitrogen and oxygen atoms in total. The Morgan fingerprint density at radius 2 is 1.25 bits per heavy atom. The Morgan fingerprint density at radius 1 is 0.792 bits per heavy atom. The summed E-state index contributed by atoms with van der Waals surface area (Å²) in [6, 6.07) is 0. The molecule has 4 fully saturated rings. The molecular formula is C19H26O5. The zero-order valence-electron chi connectivity index (χ0n) is 14.4. The van der Waals surface area contributed by atoms with Gasteiger partial charge in [0.15, 0.2) is 5.78 Å². The molecule has 4 aliphatic rings. The zero-order chi connectivity index (χ0) is 17.0. The summed E-state index contributed by atoms with van der Waals surface area (Å²) in [6.45, 7) is 0. The van der Waals surface area contributed by atoms with E-state index in [9.17, 15) is 14.4 Å². The Bertz CT molecular complexity index is 524. The second-order valence-corrected chi connectivity index (χ2v) is 8.09. The van der Waals surface area contributed by atoms with Crippen molar-refractivity contribution < 1.29 is 23.9 Å². The van der Waals surface area contributed by atoms with Crippen molar-refractivity contribution in [2.24, 2.45) is 47.3 Å². The second-order valence-electron chi connectivity index (χ2n) is 8.09. The maximum absolute atomic E-state index is 13.0. The summed E-state index contributed by atoms with van der Waals surface area (Å²) in [5.41, 5.74) is 0. The molecule has 6 atom stereocenters. The van der Waals surface area contributed by atoms with Crippen molar-refractivity contribution in [1.29, 1.82) is 0 Å². The lowest BCUT2D eigenvalue weighted by Crippen LogP contribution is -2.39. The lowest BCUT2D eigenvalue weighted by Gasteiger charge is -2.43. The van der Waals surface area contributed by atoms with Crippen LogP contribution in [0, 0.1) is 47.3 Å². The molecule has 5 heteroatoms. The van der Waals surface area contributed by atoms with Crippen molar-refractivity contribution in [2.45, 2.75) is 38.5 Å². The highest BCUT2D eigenvalue weighted by molar-refractivity contribution is 6.11. The van der Waals surface area contributed by atoms with E-state index in [0.717, 1.165) is 12.8 Å². The van der Waals surface area contributed by atoms with Crippen LogP contribution >= 0.6 is 0 Å². The van der Waals surface area contributed by atoms with Gasteiger partial charge in [0.05, 0.1) is 14.2 Å². The molecular weight excluding hydrogens is 308 g/mol. The zero-order valence-corrected chi connectivity index (χ0v) is 14.4. The predicted molar refractivity (Wildman–Crippen MR) is 84.7 cm³/mol. The minimum absolute atomic E-state index is 0.0232. The molecule has 4 rings (SSSR count). The number of methoxy groups -OCH3 is 2. The molecule has 132 valence electrons. The molecule has 0 aliphatic heterocycles. The van der Waals surface area contributed by atoms with Gasteiger partial charge in [0.2, 0.25) is 0 Å². The first kappa shape index (κ1) is 16.1. The van der Waals surface area contributed by atoms with Crippen LogP contribution in [0.2, 0.25) is 0 Å². The molecule has 4 aliphatic carbocycles. The summed E-state index contributed by atoms with van der Waals surface area (Å²) < 4.78 is 9.91. The summed E-state index contributed by atoms with van der Waals surface area (Å²) in [7, 11) is 2.67. The molecule has 0 aromatic carbocycles. The van der Waals surface area contributed by atoms with Gasteiger partial charge in [-0.05, 0) is 48.3 Å². The number of esters is 2. The van der Waals surface area contributed by atoms with Gasteiger partial charge in [0.1, 0.15) is 11.8 Å². The third-order valence-electron chi connectivity index (χ3n) is 7.48. The molecule has 0 heterocycles. The Morgan fingerprint density at radius 3 is 1.67 bits per heavy atom. The standard InChI is InChI=1S/C19H26O5/c1-23-18(21)15-13-10-7-3-5-9-6-4-8-11(12(9)10)14(13)16(17(15)20)19(22)24-2/h9-16H,3-8H2,1-2H3. The van der Waals surface area contributed by atoms with E-state index in [1.807, 2.05) is 0 Å². The van der Waals surface area contributed by atoms with Crippen LogP contribution in [0.15, 0.2) is 0 Å². The average molecular weight is 334 g/mol. The van der Waals surface area contributed by atoms with Crippen LogP contribution in [0.25, 0.3) is 0 Å². The monoisotopic (exact) mass is 334 g/mol. The molecule has 0 aromatic rings. The van der Waals surface area contributed by atoms with Crippen molar-refractivity contribution in [3.05, 3.63) is 0 Å². The molecule has 0 spiro atoms. The van der Waals surface area contributed by atoms with Gasteiger partial charge in [-0.1, -0.05) is 25.7 Å². The number of hydrogen-bond acceptors (Lipinski definition) is 5. The third kappa shape index (κ3) is 2.02. The summed E-state index contributed by atoms with van der Waals surface area (Å²) in [5, 5.41) is 0. The Hall–Kier alpha value is -1.39. The maximum Gasteiger partial charge on any atom is 0.316 e. The van der Waals surface area contributed by atoms with Crippen molar-refractivity contribution >= 4 is 17.7 Å². The van der Waals surface area contributed by atoms with E-state index in [1.54, 1.807) is 0 Å². The first-order chi connectivity index (χ1) is 11.6. The van der Waals surface area contributed by atoms with Crippen LogP contribution in [-0.4, -0.2) is 31.9 Å². The van der Waals surface area contributed by atoms with Gasteiger partial charge in [0.25, 0.3) is 0 Å². The number of carbonyl (C=O) groups excluding carboxylic acids is 3. The van der Waals surface area contributed by atoms with Crippen LogP contribution in [0.1, 0.15) is 38.5 Å². The van der Waals surface area contributed by atoms with Crippen molar-refractivity contribution in [1.82, 2.24) is 0 Å². The van der Waals surface area contributed by atoms with Crippen molar-refractivity contribution in [2.75, 3.05) is 14.2 Å². The van der Waals surface area contributed by atoms with Crippen molar-refractivity contribution in [3.63, 3.8) is 0 Å². The lowest BCUT2D eigenvalue weighted by atomic mass is 9.62. The number of hydrogen-bond donors (Lipinski definition) is 0. The molecule has 4 saturated carbocycles. The van der Waals surface area contributed by atoms with Crippen LogP contribution in [0.4, 0.5) is 0 Å². The number of ketones is 1. The average Bonchev–Trinajstić information content (AvgIpc) is 3.08. The van der Waals surface area contributed by atoms with Crippen LogP contribution < -0.4 is 0 Å². The normalized spacial score (nSPS) is 46.2. The van der Waals surface area contributed by atoms with E-state index in [-0.39, 0.29) is 17.6 Å². The summed E-state index contributed by atoms with van der Waals surface area (Å²) in [6.07, 6.45) is 7.02. The van der Waals surface area contributed by atoms with Gasteiger partial charge in [-0.3, -0.25) is 14.4 Å². The van der Waals surface area contributed by atoms with Gasteiger partial charge in [0, 0.05) is 0 Å². The number of fused-ring (bicyclic) bond motifs is 3. The minimum atomic E-state index is -0.765. The van der Waals surface area contributed by atoms with Crippen molar-refractivity contribution in [3.8, 4) is 0 Å². The Balaban J connectivity index is 1.78. The number of ether oxygens (including phenoxy) is 2. The molecule has 24 heavy (non-hydrogen) atoms. The second kappa shape index (κ2) is 5.85. The lowest BCUT2D eigenvalue weighted by molar-refractivity contribution is -0.154. The number of rotatable bonds is 2. The van der Waals surface area contributed by atoms with Crippen LogP contribution in [0.5, 0.6) is 0 Å². The highest BCUT2D eigenvalue weighted by atomic mass is 16.5. The van der Waals surface area contributed by atoms with Gasteiger partial charge in [-0.2, -0.15) is 0 Å². The molecule has 0 aromatic heterocycles. The van der Waals surface area contributed by atoms with Crippen LogP contribution in [0.3, 0.4) is 0 Å². The fourth-order valence-electron chi connectivity index (χ4n) is 6.94. The van der Waals surface area contributed by atoms with Gasteiger partial charge >= 0.3 is 11.9 Å². The van der Waals surface area contributed by atoms with Gasteiger partial charge in [-0.15, -0.1) is 0 Å². The first-order valence-electron chi connectivity index (χ1n) is 9.29. The van der Waals surface area contributed by atoms with E-state index in [4.69, 9.17) is 9.47 Å². The molecule has 0 saturated heterocycles. The molecule has 0 amide bonds. The van der Waals surface area contributed by atoms with E-state index in [1.165, 1.54) is 39.9 Å². The molecule has 0 radical (unpaired) electrons. The molecule has 0 N–H and O–H groups in total. The summed E-state index contributed by atoms with van der Waals surface area (Å²) in [5.74, 6) is -0.677. The first-order valence-corrected chi connectivity index (χ1v) is 9.29. The Kier molecular flexibility index (Phi) is 3.92. The topological polar surface area (TPSA) is 69.7 Å². The Labute approximate surface area is 142 Å². The fourth-order valence-corrected chi connectivity index (χ4v) is 6.94. The van der Waals surface area contributed by atoms with E-state index >= 15 is 0 Å². The van der Waals surface area contributed by atoms with Gasteiger partial charge < -0.3 is 9.47 Å². The molecule has 6 unspecified atom stereocenters. The SMILES string of the molecule is COC(=O)C1C(=O)C(C(=O)OC)C2C3CCCC4CCCC(C43)C12. The predicted octanol–water partition coefficient (Wildman–Crippen LogP) is 2.23. The number of Topliss-reactive ketones (excluding diaryl/α,β-unsaturated/α-hetero) is 1. The van der Waals surface area contributed by atoms with Crippen LogP contribution in [-0.2, 0) is 23.9 Å². The third-order valence-corrected chi connectivity index (χ3v) is 7.48. The van der Waals surface area contributed by atoms with Gasteiger partial charge in [-0.25, -0.2) is 0 Å². The highest BCUT2D eigenvalue weighted by Crippen LogP contribution is 2.65. The minimum Gasteiger partial charge on any atom is -0.468 e. The van der Waals surface area contributed by atoms with E-state index < -0.39 is 23.8 Å². The largest absolute Gasteiger partial charge is 0.468 e. The quantitative estimate of drug-likeness (QED) is 0.572. The summed E-state index contributed by atoms with van der Waals surface area (Å²) in [4.78, 5) is 37.7. The smallest absolute Gasteiger partial charge is 0.316 e. The molecule has 0 bridgehead atoms. The highest BCUT2D eigenvalue weighted by Gasteiger charge is 2.68. The fraction of sp³-hybridized carbons (Fsp3) is 0.842. The van der Waals surface area contributed by atoms with E-state index in [2.05, 4.69) is 0 Å². The van der Waals surface area contributed by atoms with E-state index in [0.29, 0.717) is 23.7 Å². The summed E-state index contributed by atoms with van der Waals surface area (Å²) >= 11 is 0.